The van der Waals surface area contributed by atoms with Gasteiger partial charge in [0.2, 0.25) is 0 Å². The molecular weight excluding hydrogens is 229 g/mol. The monoisotopic (exact) mass is 239 g/mol. The van der Waals surface area contributed by atoms with E-state index in [1.165, 1.54) is 12.1 Å². The standard InChI is InChI=1S/C14H10FN3/c1-2-12-14-17-13(9-18(14)8-7-16-12)10-3-5-11(15)6-4-10/h2-9H,1H2. The van der Waals surface area contributed by atoms with Crippen molar-refractivity contribution in [2.75, 3.05) is 0 Å². The molecule has 0 aliphatic heterocycles. The molecular formula is C14H10FN3. The van der Waals surface area contributed by atoms with E-state index in [4.69, 9.17) is 0 Å². The molecule has 3 nitrogen and oxygen atoms in total. The van der Waals surface area contributed by atoms with Gasteiger partial charge in [-0.05, 0) is 30.3 Å². The molecule has 0 atom stereocenters. The van der Waals surface area contributed by atoms with E-state index in [1.807, 2.05) is 16.8 Å². The predicted molar refractivity (Wildman–Crippen MR) is 68.5 cm³/mol. The van der Waals surface area contributed by atoms with E-state index in [0.717, 1.165) is 22.6 Å². The van der Waals surface area contributed by atoms with Crippen LogP contribution in [-0.4, -0.2) is 14.4 Å². The molecule has 4 heteroatoms. The van der Waals surface area contributed by atoms with Crippen LogP contribution in [0.2, 0.25) is 0 Å². The highest BCUT2D eigenvalue weighted by Crippen LogP contribution is 2.20. The number of benzene rings is 1. The summed E-state index contributed by atoms with van der Waals surface area (Å²) in [5.74, 6) is -0.254. The van der Waals surface area contributed by atoms with Crippen molar-refractivity contribution in [1.29, 1.82) is 0 Å². The van der Waals surface area contributed by atoms with Crippen LogP contribution in [0.25, 0.3) is 23.0 Å². The molecule has 0 bridgehead atoms. The quantitative estimate of drug-likeness (QED) is 0.687. The van der Waals surface area contributed by atoms with Crippen LogP contribution in [0.4, 0.5) is 4.39 Å². The largest absolute Gasteiger partial charge is 0.303 e. The minimum Gasteiger partial charge on any atom is -0.303 e. The molecule has 0 saturated heterocycles. The topological polar surface area (TPSA) is 30.2 Å². The van der Waals surface area contributed by atoms with Crippen molar-refractivity contribution in [1.82, 2.24) is 14.4 Å². The van der Waals surface area contributed by atoms with Gasteiger partial charge in [-0.3, -0.25) is 4.98 Å². The highest BCUT2D eigenvalue weighted by atomic mass is 19.1. The first-order valence-corrected chi connectivity index (χ1v) is 5.50. The van der Waals surface area contributed by atoms with Crippen LogP contribution in [0.15, 0.2) is 49.4 Å². The van der Waals surface area contributed by atoms with E-state index in [1.54, 1.807) is 24.4 Å². The zero-order valence-electron chi connectivity index (χ0n) is 9.55. The lowest BCUT2D eigenvalue weighted by atomic mass is 10.2. The van der Waals surface area contributed by atoms with Gasteiger partial charge in [0.1, 0.15) is 11.5 Å². The molecule has 0 radical (unpaired) electrons. The second-order valence-corrected chi connectivity index (χ2v) is 3.88. The zero-order valence-corrected chi connectivity index (χ0v) is 9.55. The third kappa shape index (κ3) is 1.68. The van der Waals surface area contributed by atoms with Gasteiger partial charge in [-0.1, -0.05) is 6.58 Å². The molecule has 0 unspecified atom stereocenters. The molecule has 0 aliphatic rings. The number of fused-ring (bicyclic) bond motifs is 1. The second kappa shape index (κ2) is 4.07. The Morgan fingerprint density at radius 3 is 2.72 bits per heavy atom. The summed E-state index contributed by atoms with van der Waals surface area (Å²) in [7, 11) is 0. The third-order valence-electron chi connectivity index (χ3n) is 2.74. The van der Waals surface area contributed by atoms with Crippen LogP contribution in [0.5, 0.6) is 0 Å². The first-order valence-electron chi connectivity index (χ1n) is 5.50. The fourth-order valence-corrected chi connectivity index (χ4v) is 1.84. The van der Waals surface area contributed by atoms with E-state index in [9.17, 15) is 4.39 Å². The van der Waals surface area contributed by atoms with Crippen molar-refractivity contribution < 1.29 is 4.39 Å². The summed E-state index contributed by atoms with van der Waals surface area (Å²) < 4.78 is 14.8. The van der Waals surface area contributed by atoms with Gasteiger partial charge in [0.15, 0.2) is 5.65 Å². The molecule has 0 amide bonds. The Balaban J connectivity index is 2.19. The minimum atomic E-state index is -0.254. The van der Waals surface area contributed by atoms with Crippen LogP contribution in [0, 0.1) is 5.82 Å². The van der Waals surface area contributed by atoms with Crippen molar-refractivity contribution in [3.05, 3.63) is 60.9 Å². The van der Waals surface area contributed by atoms with E-state index < -0.39 is 0 Å². The fourth-order valence-electron chi connectivity index (χ4n) is 1.84. The molecule has 0 spiro atoms. The number of hydrogen-bond donors (Lipinski definition) is 0. The van der Waals surface area contributed by atoms with Gasteiger partial charge < -0.3 is 4.40 Å². The number of rotatable bonds is 2. The van der Waals surface area contributed by atoms with Gasteiger partial charge in [0.05, 0.1) is 5.69 Å². The van der Waals surface area contributed by atoms with Gasteiger partial charge in [0.25, 0.3) is 0 Å². The number of aromatic nitrogens is 3. The Bertz CT molecular complexity index is 713. The third-order valence-corrected chi connectivity index (χ3v) is 2.74. The molecule has 1 aromatic carbocycles. The highest BCUT2D eigenvalue weighted by molar-refractivity contribution is 5.67. The number of halogens is 1. The predicted octanol–water partition coefficient (Wildman–Crippen LogP) is 3.18. The SMILES string of the molecule is C=Cc1nccn2cc(-c3ccc(F)cc3)nc12. The van der Waals surface area contributed by atoms with Crippen molar-refractivity contribution >= 4 is 11.7 Å². The maximum Gasteiger partial charge on any atom is 0.163 e. The summed E-state index contributed by atoms with van der Waals surface area (Å²) in [5, 5.41) is 0. The van der Waals surface area contributed by atoms with Crippen molar-refractivity contribution in [3.8, 4) is 11.3 Å². The van der Waals surface area contributed by atoms with E-state index >= 15 is 0 Å². The van der Waals surface area contributed by atoms with Crippen molar-refractivity contribution in [2.45, 2.75) is 0 Å². The zero-order chi connectivity index (χ0) is 12.5. The molecule has 3 rings (SSSR count). The van der Waals surface area contributed by atoms with Crippen molar-refractivity contribution in [3.63, 3.8) is 0 Å². The fraction of sp³-hybridized carbons (Fsp3) is 0. The molecule has 88 valence electrons. The summed E-state index contributed by atoms with van der Waals surface area (Å²) in [6.45, 7) is 3.71. The lowest BCUT2D eigenvalue weighted by molar-refractivity contribution is 0.628. The molecule has 3 aromatic rings. The summed E-state index contributed by atoms with van der Waals surface area (Å²) in [6, 6.07) is 6.26. The summed E-state index contributed by atoms with van der Waals surface area (Å²) >= 11 is 0. The molecule has 0 aliphatic carbocycles. The average molecular weight is 239 g/mol. The maximum absolute atomic E-state index is 12.9. The van der Waals surface area contributed by atoms with E-state index in [2.05, 4.69) is 16.5 Å². The molecule has 18 heavy (non-hydrogen) atoms. The average Bonchev–Trinajstić information content (AvgIpc) is 2.83. The van der Waals surface area contributed by atoms with Gasteiger partial charge in [-0.15, -0.1) is 0 Å². The molecule has 0 N–H and O–H groups in total. The lowest BCUT2D eigenvalue weighted by Gasteiger charge is -1.94. The summed E-state index contributed by atoms with van der Waals surface area (Å²) in [4.78, 5) is 8.68. The van der Waals surface area contributed by atoms with Crippen LogP contribution < -0.4 is 0 Å². The Morgan fingerprint density at radius 1 is 1.22 bits per heavy atom. The summed E-state index contributed by atoms with van der Waals surface area (Å²) in [6.07, 6.45) is 7.07. The Kier molecular flexibility index (Phi) is 2.41. The smallest absolute Gasteiger partial charge is 0.163 e. The molecule has 0 saturated carbocycles. The van der Waals surface area contributed by atoms with Gasteiger partial charge >= 0.3 is 0 Å². The van der Waals surface area contributed by atoms with Gasteiger partial charge in [0, 0.05) is 24.2 Å². The van der Waals surface area contributed by atoms with Crippen molar-refractivity contribution in [2.24, 2.45) is 0 Å². The van der Waals surface area contributed by atoms with Gasteiger partial charge in [-0.25, -0.2) is 9.37 Å². The number of nitrogens with zero attached hydrogens (tertiary/aromatic N) is 3. The minimum absolute atomic E-state index is 0.254. The highest BCUT2D eigenvalue weighted by Gasteiger charge is 2.07. The maximum atomic E-state index is 12.9. The van der Waals surface area contributed by atoms with E-state index in [-0.39, 0.29) is 5.82 Å². The molecule has 2 aromatic heterocycles. The molecule has 2 heterocycles. The summed E-state index contributed by atoms with van der Waals surface area (Å²) in [5.41, 5.74) is 3.12. The first kappa shape index (κ1) is 10.7. The van der Waals surface area contributed by atoms with Crippen LogP contribution in [-0.2, 0) is 0 Å². The Hall–Kier alpha value is -2.49. The van der Waals surface area contributed by atoms with Crippen LogP contribution in [0.1, 0.15) is 5.69 Å². The van der Waals surface area contributed by atoms with Crippen LogP contribution in [0.3, 0.4) is 0 Å². The Labute approximate surface area is 103 Å². The second-order valence-electron chi connectivity index (χ2n) is 3.88. The van der Waals surface area contributed by atoms with Crippen LogP contribution >= 0.6 is 0 Å². The number of hydrogen-bond acceptors (Lipinski definition) is 2. The molecule has 0 fully saturated rings. The first-order chi connectivity index (χ1) is 8.78. The number of imidazole rings is 1. The van der Waals surface area contributed by atoms with E-state index in [0.29, 0.717) is 0 Å². The normalized spacial score (nSPS) is 10.7. The van der Waals surface area contributed by atoms with Gasteiger partial charge in [-0.2, -0.15) is 0 Å². The lowest BCUT2D eigenvalue weighted by Crippen LogP contribution is -1.88. The Morgan fingerprint density at radius 2 is 2.00 bits per heavy atom.